The number of alkyl halides is 3. The fourth-order valence-electron chi connectivity index (χ4n) is 4.30. The summed E-state index contributed by atoms with van der Waals surface area (Å²) in [5.41, 5.74) is 0.284. The molecule has 1 aromatic carbocycles. The second-order valence-corrected chi connectivity index (χ2v) is 10.7. The van der Waals surface area contributed by atoms with E-state index < -0.39 is 50.7 Å². The third-order valence-electron chi connectivity index (χ3n) is 6.25. The lowest BCUT2D eigenvalue weighted by atomic mass is 10.1. The maximum atomic E-state index is 13.5. The molecule has 1 saturated heterocycles. The van der Waals surface area contributed by atoms with Crippen molar-refractivity contribution in [1.82, 2.24) is 19.6 Å². The van der Waals surface area contributed by atoms with Crippen LogP contribution >= 0.6 is 0 Å². The largest absolute Gasteiger partial charge is 0.443 e. The Morgan fingerprint density at radius 2 is 1.92 bits per heavy atom. The number of carbonyl (C=O) groups excluding carboxylic acids is 1. The molecule has 39 heavy (non-hydrogen) atoms. The normalized spacial score (nSPS) is 18.5. The number of halogens is 4. The number of aliphatic hydroxyl groups is 1. The summed E-state index contributed by atoms with van der Waals surface area (Å²) in [6.07, 6.45) is -3.71. The second-order valence-electron chi connectivity index (χ2n) is 8.85. The molecule has 0 bridgehead atoms. The lowest BCUT2D eigenvalue weighted by molar-refractivity contribution is -0.137. The summed E-state index contributed by atoms with van der Waals surface area (Å²) in [6.45, 7) is -0.311. The molecule has 0 aliphatic carbocycles. The van der Waals surface area contributed by atoms with Gasteiger partial charge in [-0.3, -0.25) is 14.8 Å². The van der Waals surface area contributed by atoms with Gasteiger partial charge in [0.2, 0.25) is 11.0 Å². The maximum Gasteiger partial charge on any atom is 0.417 e. The summed E-state index contributed by atoms with van der Waals surface area (Å²) in [5, 5.41) is 12.7. The van der Waals surface area contributed by atoms with Crippen LogP contribution in [0.3, 0.4) is 0 Å². The molecule has 1 amide bonds. The minimum absolute atomic E-state index is 0.000497. The van der Waals surface area contributed by atoms with E-state index in [0.717, 1.165) is 28.6 Å². The van der Waals surface area contributed by atoms with Crippen LogP contribution in [0.1, 0.15) is 17.7 Å². The van der Waals surface area contributed by atoms with Crippen LogP contribution in [-0.2, 0) is 27.5 Å². The Balaban J connectivity index is 1.31. The van der Waals surface area contributed by atoms with Crippen LogP contribution in [-0.4, -0.2) is 52.4 Å². The lowest BCUT2D eigenvalue weighted by Crippen LogP contribution is -2.49. The van der Waals surface area contributed by atoms with E-state index in [1.165, 1.54) is 30.5 Å². The summed E-state index contributed by atoms with van der Waals surface area (Å²) in [7, 11) is -4.36. The number of furan rings is 1. The van der Waals surface area contributed by atoms with Crippen LogP contribution < -0.4 is 5.32 Å². The predicted molar refractivity (Wildman–Crippen MR) is 129 cm³/mol. The fraction of sp³-hybridized carbons (Fsp3) is 0.240. The number of aliphatic hydroxyl groups excluding tert-OH is 1. The number of nitrogens with zero attached hydrogens (tertiary/aromatic N) is 3. The van der Waals surface area contributed by atoms with Crippen molar-refractivity contribution in [3.63, 3.8) is 0 Å². The van der Waals surface area contributed by atoms with Gasteiger partial charge in [-0.25, -0.2) is 12.8 Å². The maximum absolute atomic E-state index is 13.5. The zero-order valence-electron chi connectivity index (χ0n) is 19.9. The first-order chi connectivity index (χ1) is 18.4. The summed E-state index contributed by atoms with van der Waals surface area (Å²) in [5.74, 6) is -1.36. The highest BCUT2D eigenvalue weighted by atomic mass is 32.2. The molecular weight excluding hydrogens is 544 g/mol. The second kappa shape index (κ2) is 10.0. The van der Waals surface area contributed by atoms with Gasteiger partial charge in [-0.05, 0) is 48.9 Å². The van der Waals surface area contributed by atoms with Crippen molar-refractivity contribution < 1.29 is 40.3 Å². The van der Waals surface area contributed by atoms with Crippen molar-refractivity contribution >= 4 is 26.9 Å². The van der Waals surface area contributed by atoms with E-state index in [4.69, 9.17) is 4.42 Å². The highest BCUT2D eigenvalue weighted by Gasteiger charge is 2.46. The van der Waals surface area contributed by atoms with E-state index in [-0.39, 0.29) is 36.2 Å². The van der Waals surface area contributed by atoms with Gasteiger partial charge in [0.15, 0.2) is 0 Å². The van der Waals surface area contributed by atoms with Crippen LogP contribution in [0.4, 0.5) is 17.6 Å². The lowest BCUT2D eigenvalue weighted by Gasteiger charge is -2.23. The number of hydrogen-bond donors (Lipinski definition) is 2. The molecule has 3 aromatic heterocycles. The van der Waals surface area contributed by atoms with Gasteiger partial charge >= 0.3 is 6.18 Å². The minimum Gasteiger partial charge on any atom is -0.443 e. The molecule has 0 saturated carbocycles. The number of pyridine rings is 2. The Kier molecular flexibility index (Phi) is 6.86. The number of aromatic nitrogens is 2. The molecule has 1 fully saturated rings. The quantitative estimate of drug-likeness (QED) is 0.344. The van der Waals surface area contributed by atoms with E-state index in [2.05, 4.69) is 15.3 Å². The van der Waals surface area contributed by atoms with Crippen molar-refractivity contribution in [2.45, 2.75) is 36.4 Å². The molecule has 204 valence electrons. The van der Waals surface area contributed by atoms with Crippen LogP contribution in [0, 0.1) is 5.82 Å². The molecule has 0 unspecified atom stereocenters. The van der Waals surface area contributed by atoms with Crippen molar-refractivity contribution in [2.75, 3.05) is 6.54 Å². The Labute approximate surface area is 219 Å². The van der Waals surface area contributed by atoms with Gasteiger partial charge in [0.05, 0.1) is 29.6 Å². The van der Waals surface area contributed by atoms with E-state index >= 15 is 0 Å². The van der Waals surface area contributed by atoms with Gasteiger partial charge in [0.25, 0.3) is 10.0 Å². The third-order valence-corrected chi connectivity index (χ3v) is 7.99. The highest BCUT2D eigenvalue weighted by Crippen LogP contribution is 2.31. The number of benzene rings is 1. The summed E-state index contributed by atoms with van der Waals surface area (Å²) in [6, 6.07) is 8.38. The van der Waals surface area contributed by atoms with Gasteiger partial charge in [-0.1, -0.05) is 0 Å². The number of sulfonamides is 1. The standard InChI is InChI=1S/C25H20F4N4O5S/c26-17-2-4-21-15(9-17)11-22(38-21)39(36,37)33-8-6-20(34)23(33)24(35)32-13-18-10-14(5-7-30-18)19-3-1-16(12-31-19)25(27,28)29/h1-5,7,9-12,20,23,34H,6,8,13H2,(H,32,35)/t20-,23-/m0/s1. The topological polar surface area (TPSA) is 126 Å². The van der Waals surface area contributed by atoms with Gasteiger partial charge in [-0.2, -0.15) is 17.5 Å². The minimum atomic E-state index is -4.52. The predicted octanol–water partition coefficient (Wildman–Crippen LogP) is 3.49. The van der Waals surface area contributed by atoms with E-state index in [9.17, 15) is 35.9 Å². The van der Waals surface area contributed by atoms with Crippen molar-refractivity contribution in [3.05, 3.63) is 78.0 Å². The van der Waals surface area contributed by atoms with Crippen LogP contribution in [0.2, 0.25) is 0 Å². The van der Waals surface area contributed by atoms with Gasteiger partial charge < -0.3 is 14.8 Å². The molecule has 14 heteroatoms. The molecule has 0 radical (unpaired) electrons. The molecule has 0 spiro atoms. The first-order valence-corrected chi connectivity index (χ1v) is 13.0. The number of hydrogen-bond acceptors (Lipinski definition) is 7. The van der Waals surface area contributed by atoms with E-state index in [1.54, 1.807) is 0 Å². The number of fused-ring (bicyclic) bond motifs is 1. The molecule has 2 N–H and O–H groups in total. The number of rotatable bonds is 6. The van der Waals surface area contributed by atoms with Crippen molar-refractivity contribution in [2.24, 2.45) is 0 Å². The molecule has 1 aliphatic rings. The van der Waals surface area contributed by atoms with E-state index in [1.807, 2.05) is 0 Å². The van der Waals surface area contributed by atoms with Crippen molar-refractivity contribution in [3.8, 4) is 11.3 Å². The summed E-state index contributed by atoms with van der Waals surface area (Å²) in [4.78, 5) is 21.0. The zero-order chi connectivity index (χ0) is 27.9. The zero-order valence-corrected chi connectivity index (χ0v) is 20.7. The first-order valence-electron chi connectivity index (χ1n) is 11.6. The average Bonchev–Trinajstić information content (AvgIpc) is 3.51. The number of nitrogens with one attached hydrogen (secondary N) is 1. The molecule has 2 atom stereocenters. The molecule has 9 nitrogen and oxygen atoms in total. The molecule has 5 rings (SSSR count). The van der Waals surface area contributed by atoms with Gasteiger partial charge in [0, 0.05) is 36.0 Å². The molecular formula is C25H20F4N4O5S. The Morgan fingerprint density at radius 1 is 1.13 bits per heavy atom. The fourth-order valence-corrected chi connectivity index (χ4v) is 5.89. The summed E-state index contributed by atoms with van der Waals surface area (Å²) >= 11 is 0. The van der Waals surface area contributed by atoms with Crippen LogP contribution in [0.15, 0.2) is 70.4 Å². The SMILES string of the molecule is O=C(NCc1cc(-c2ccc(C(F)(F)F)cn2)ccn1)[C@@H]1[C@@H](O)CCN1S(=O)(=O)c1cc2cc(F)ccc2o1. The third kappa shape index (κ3) is 5.35. The smallest absolute Gasteiger partial charge is 0.417 e. The first kappa shape index (κ1) is 26.7. The Bertz CT molecular complexity index is 1640. The highest BCUT2D eigenvalue weighted by molar-refractivity contribution is 7.89. The Morgan fingerprint density at radius 3 is 2.64 bits per heavy atom. The van der Waals surface area contributed by atoms with Gasteiger partial charge in [-0.15, -0.1) is 0 Å². The summed E-state index contributed by atoms with van der Waals surface area (Å²) < 4.78 is 84.7. The molecule has 4 aromatic rings. The molecule has 4 heterocycles. The van der Waals surface area contributed by atoms with Gasteiger partial charge in [0.1, 0.15) is 17.4 Å². The number of carbonyl (C=O) groups is 1. The van der Waals surface area contributed by atoms with E-state index in [0.29, 0.717) is 17.5 Å². The van der Waals surface area contributed by atoms with Crippen LogP contribution in [0.25, 0.3) is 22.2 Å². The monoisotopic (exact) mass is 564 g/mol. The Hall–Kier alpha value is -3.88. The van der Waals surface area contributed by atoms with Crippen molar-refractivity contribution in [1.29, 1.82) is 0 Å². The number of amides is 1. The van der Waals surface area contributed by atoms with Crippen LogP contribution in [0.5, 0.6) is 0 Å². The molecule has 1 aliphatic heterocycles. The average molecular weight is 565 g/mol.